The quantitative estimate of drug-likeness (QED) is 0.892. The molecule has 1 aromatic rings. The van der Waals surface area contributed by atoms with Crippen molar-refractivity contribution in [3.63, 3.8) is 0 Å². The van der Waals surface area contributed by atoms with Gasteiger partial charge in [-0.2, -0.15) is 0 Å². The van der Waals surface area contributed by atoms with E-state index in [1.165, 1.54) is 4.90 Å². The lowest BCUT2D eigenvalue weighted by Gasteiger charge is -2.48. The maximum Gasteiger partial charge on any atom is 0.326 e. The minimum Gasteiger partial charge on any atom is -0.480 e. The predicted molar refractivity (Wildman–Crippen MR) is 96.4 cm³/mol. The minimum atomic E-state index is -0.967. The Morgan fingerprint density at radius 3 is 2.42 bits per heavy atom. The van der Waals surface area contributed by atoms with Crippen LogP contribution in [0.5, 0.6) is 0 Å². The van der Waals surface area contributed by atoms with Gasteiger partial charge < -0.3 is 14.9 Å². The van der Waals surface area contributed by atoms with Crippen molar-refractivity contribution in [2.24, 2.45) is 5.41 Å². The molecule has 140 valence electrons. The topological polar surface area (TPSA) is 77.9 Å². The first-order valence-electron chi connectivity index (χ1n) is 9.24. The number of hydrogen-bond acceptors (Lipinski definition) is 3. The number of rotatable bonds is 4. The summed E-state index contributed by atoms with van der Waals surface area (Å²) in [5.74, 6) is -0.910. The molecule has 0 radical (unpaired) electrons. The van der Waals surface area contributed by atoms with Crippen LogP contribution in [-0.4, -0.2) is 58.4 Å². The van der Waals surface area contributed by atoms with Gasteiger partial charge in [0.25, 0.3) is 0 Å². The molecule has 1 aromatic carbocycles. The Morgan fingerprint density at radius 2 is 1.81 bits per heavy atom. The summed E-state index contributed by atoms with van der Waals surface area (Å²) in [4.78, 5) is 39.4. The summed E-state index contributed by atoms with van der Waals surface area (Å²) in [5.41, 5.74) is 0.962. The first-order valence-corrected chi connectivity index (χ1v) is 9.24. The number of carboxylic acids is 1. The van der Waals surface area contributed by atoms with Crippen LogP contribution in [0.15, 0.2) is 30.3 Å². The van der Waals surface area contributed by atoms with E-state index < -0.39 is 12.0 Å². The summed E-state index contributed by atoms with van der Waals surface area (Å²) in [7, 11) is 0. The second-order valence-corrected chi connectivity index (χ2v) is 7.58. The van der Waals surface area contributed by atoms with Gasteiger partial charge >= 0.3 is 5.97 Å². The number of hydrogen-bond donors (Lipinski definition) is 1. The number of nitrogens with zero attached hydrogens (tertiary/aromatic N) is 2. The zero-order valence-electron chi connectivity index (χ0n) is 15.2. The molecule has 2 fully saturated rings. The van der Waals surface area contributed by atoms with Gasteiger partial charge in [-0.25, -0.2) is 4.79 Å². The average molecular weight is 358 g/mol. The van der Waals surface area contributed by atoms with E-state index in [1.807, 2.05) is 35.2 Å². The molecule has 2 saturated heterocycles. The van der Waals surface area contributed by atoms with Crippen LogP contribution < -0.4 is 0 Å². The van der Waals surface area contributed by atoms with E-state index >= 15 is 0 Å². The smallest absolute Gasteiger partial charge is 0.326 e. The van der Waals surface area contributed by atoms with Gasteiger partial charge in [-0.1, -0.05) is 30.3 Å². The largest absolute Gasteiger partial charge is 0.480 e. The van der Waals surface area contributed by atoms with Crippen LogP contribution in [0.2, 0.25) is 0 Å². The summed E-state index contributed by atoms with van der Waals surface area (Å²) in [6, 6.07) is 8.93. The van der Waals surface area contributed by atoms with Crippen LogP contribution in [0.1, 0.15) is 38.2 Å². The average Bonchev–Trinajstić information content (AvgIpc) is 2.64. The summed E-state index contributed by atoms with van der Waals surface area (Å²) >= 11 is 0. The van der Waals surface area contributed by atoms with Crippen molar-refractivity contribution in [3.05, 3.63) is 35.9 Å². The molecular weight excluding hydrogens is 332 g/mol. The molecule has 3 rings (SSSR count). The number of carbonyl (C=O) groups excluding carboxylic acids is 2. The first-order chi connectivity index (χ1) is 12.4. The van der Waals surface area contributed by atoms with E-state index in [2.05, 4.69) is 0 Å². The van der Waals surface area contributed by atoms with Gasteiger partial charge in [0.2, 0.25) is 11.8 Å². The Bertz CT molecular complexity index is 680. The molecule has 2 aliphatic rings. The maximum atomic E-state index is 12.5. The van der Waals surface area contributed by atoms with Crippen molar-refractivity contribution in [1.29, 1.82) is 0 Å². The first kappa shape index (κ1) is 18.4. The highest BCUT2D eigenvalue weighted by Gasteiger charge is 2.43. The van der Waals surface area contributed by atoms with Gasteiger partial charge in [0.15, 0.2) is 0 Å². The molecular formula is C20H26N2O4. The summed E-state index contributed by atoms with van der Waals surface area (Å²) in [6.45, 7) is 3.40. The molecule has 6 heteroatoms. The van der Waals surface area contributed by atoms with E-state index in [1.54, 1.807) is 6.92 Å². The summed E-state index contributed by atoms with van der Waals surface area (Å²) < 4.78 is 0. The molecule has 1 spiro atoms. The fourth-order valence-corrected chi connectivity index (χ4v) is 4.05. The Balaban J connectivity index is 1.59. The Kier molecular flexibility index (Phi) is 5.30. The number of piperidine rings is 2. The van der Waals surface area contributed by atoms with Crippen LogP contribution in [0, 0.1) is 5.41 Å². The molecule has 0 bridgehead atoms. The molecule has 2 amide bonds. The molecule has 0 aliphatic carbocycles. The Morgan fingerprint density at radius 1 is 1.15 bits per heavy atom. The lowest BCUT2D eigenvalue weighted by atomic mass is 9.72. The van der Waals surface area contributed by atoms with E-state index in [0.717, 1.165) is 24.8 Å². The second kappa shape index (κ2) is 7.48. The molecule has 1 N–H and O–H groups in total. The zero-order valence-corrected chi connectivity index (χ0v) is 15.2. The molecule has 0 saturated carbocycles. The van der Waals surface area contributed by atoms with Crippen LogP contribution in [0.4, 0.5) is 0 Å². The molecule has 2 heterocycles. The highest BCUT2D eigenvalue weighted by atomic mass is 16.4. The van der Waals surface area contributed by atoms with Gasteiger partial charge in [-0.3, -0.25) is 9.59 Å². The molecule has 2 aliphatic heterocycles. The number of aliphatic carboxylic acids is 1. The van der Waals surface area contributed by atoms with E-state index in [0.29, 0.717) is 32.5 Å². The molecule has 26 heavy (non-hydrogen) atoms. The van der Waals surface area contributed by atoms with Gasteiger partial charge in [0.05, 0.1) is 6.42 Å². The molecule has 0 aromatic heterocycles. The van der Waals surface area contributed by atoms with E-state index in [9.17, 15) is 19.5 Å². The molecule has 1 atom stereocenters. The van der Waals surface area contributed by atoms with Crippen molar-refractivity contribution in [1.82, 2.24) is 9.80 Å². The van der Waals surface area contributed by atoms with Crippen LogP contribution in [0.3, 0.4) is 0 Å². The number of carbonyl (C=O) groups is 3. The fourth-order valence-electron chi connectivity index (χ4n) is 4.05. The van der Waals surface area contributed by atoms with Crippen molar-refractivity contribution < 1.29 is 19.5 Å². The monoisotopic (exact) mass is 358 g/mol. The van der Waals surface area contributed by atoms with Gasteiger partial charge in [0, 0.05) is 26.1 Å². The van der Waals surface area contributed by atoms with Crippen LogP contribution in [-0.2, 0) is 20.8 Å². The predicted octanol–water partition coefficient (Wildman–Crippen LogP) is 1.93. The number of benzene rings is 1. The second-order valence-electron chi connectivity index (χ2n) is 7.58. The van der Waals surface area contributed by atoms with E-state index in [4.69, 9.17) is 0 Å². The van der Waals surface area contributed by atoms with Gasteiger partial charge in [-0.05, 0) is 37.2 Å². The van der Waals surface area contributed by atoms with Gasteiger partial charge in [0.1, 0.15) is 6.04 Å². The standard InChI is InChI=1S/C20H26N2O4/c1-15(19(25)26)22-14-20(8-7-17(22)23)9-11-21(12-10-20)18(24)13-16-5-3-2-4-6-16/h2-6,15H,7-14H2,1H3,(H,25,26). The fraction of sp³-hybridized carbons (Fsp3) is 0.550. The minimum absolute atomic E-state index is 0.0544. The van der Waals surface area contributed by atoms with Crippen molar-refractivity contribution in [2.45, 2.75) is 45.1 Å². The van der Waals surface area contributed by atoms with Crippen molar-refractivity contribution in [3.8, 4) is 0 Å². The number of amides is 2. The SMILES string of the molecule is CC(C(=O)O)N1CC2(CCC1=O)CCN(C(=O)Cc1ccccc1)CC2. The lowest BCUT2D eigenvalue weighted by Crippen LogP contribution is -2.56. The third-order valence-corrected chi connectivity index (χ3v) is 5.90. The Hall–Kier alpha value is -2.37. The maximum absolute atomic E-state index is 12.5. The highest BCUT2D eigenvalue weighted by Crippen LogP contribution is 2.40. The number of carboxylic acid groups (broad SMARTS) is 1. The lowest BCUT2D eigenvalue weighted by molar-refractivity contribution is -0.155. The van der Waals surface area contributed by atoms with Gasteiger partial charge in [-0.15, -0.1) is 0 Å². The number of likely N-dealkylation sites (tertiary alicyclic amines) is 2. The summed E-state index contributed by atoms with van der Waals surface area (Å²) in [6.07, 6.45) is 3.24. The van der Waals surface area contributed by atoms with Crippen molar-refractivity contribution >= 4 is 17.8 Å². The highest BCUT2D eigenvalue weighted by molar-refractivity contribution is 5.84. The van der Waals surface area contributed by atoms with Crippen LogP contribution in [0.25, 0.3) is 0 Å². The van der Waals surface area contributed by atoms with E-state index in [-0.39, 0.29) is 17.2 Å². The third-order valence-electron chi connectivity index (χ3n) is 5.90. The third kappa shape index (κ3) is 3.89. The summed E-state index contributed by atoms with van der Waals surface area (Å²) in [5, 5.41) is 9.25. The Labute approximate surface area is 153 Å². The van der Waals surface area contributed by atoms with Crippen molar-refractivity contribution in [2.75, 3.05) is 19.6 Å². The normalized spacial score (nSPS) is 20.9. The van der Waals surface area contributed by atoms with Crippen LogP contribution >= 0.6 is 0 Å². The molecule has 6 nitrogen and oxygen atoms in total. The molecule has 1 unspecified atom stereocenters. The zero-order chi connectivity index (χ0) is 18.7.